The maximum atomic E-state index is 8.86. The number of aryl methyl sites for hydroxylation is 1. The Morgan fingerprint density at radius 1 is 1.16 bits per heavy atom. The van der Waals surface area contributed by atoms with Gasteiger partial charge in [0.2, 0.25) is 0 Å². The molecule has 0 aliphatic rings. The number of guanidine groups is 1. The van der Waals surface area contributed by atoms with Crippen LogP contribution in [0, 0.1) is 18.3 Å². The number of aliphatic imine (C=N–C) groups is 1. The molecule has 0 aliphatic carbocycles. The Labute approximate surface area is 154 Å². The van der Waals surface area contributed by atoms with Gasteiger partial charge < -0.3 is 10.6 Å². The minimum Gasteiger partial charge on any atom is -0.357 e. The first-order valence-corrected chi connectivity index (χ1v) is 9.53. The van der Waals surface area contributed by atoms with Crippen LogP contribution in [0.2, 0.25) is 0 Å². The second-order valence-corrected chi connectivity index (χ2v) is 6.52. The standard InChI is InChI=1S/C20H24N4S/c1-4-22-20(23-13-17-8-6-16(12-21)7-9-17)24-14-18-10-5-15(2)11-19(18)25-3/h5-11H,4,13-14H2,1-3H3,(H2,22,23,24). The molecule has 0 atom stereocenters. The van der Waals surface area contributed by atoms with Crippen molar-refractivity contribution in [1.29, 1.82) is 5.26 Å². The van der Waals surface area contributed by atoms with E-state index in [1.165, 1.54) is 16.0 Å². The Kier molecular flexibility index (Phi) is 7.36. The van der Waals surface area contributed by atoms with Crippen molar-refractivity contribution in [3.8, 4) is 6.07 Å². The van der Waals surface area contributed by atoms with Crippen LogP contribution in [0.5, 0.6) is 0 Å². The summed E-state index contributed by atoms with van der Waals surface area (Å²) >= 11 is 1.76. The normalized spacial score (nSPS) is 11.0. The van der Waals surface area contributed by atoms with Crippen molar-refractivity contribution < 1.29 is 0 Å². The topological polar surface area (TPSA) is 60.2 Å². The average molecular weight is 353 g/mol. The van der Waals surface area contributed by atoms with Gasteiger partial charge in [-0.3, -0.25) is 0 Å². The van der Waals surface area contributed by atoms with Crippen LogP contribution < -0.4 is 10.6 Å². The Balaban J connectivity index is 2.03. The van der Waals surface area contributed by atoms with Gasteiger partial charge in [0.1, 0.15) is 0 Å². The molecule has 0 spiro atoms. The van der Waals surface area contributed by atoms with Crippen LogP contribution in [0.4, 0.5) is 0 Å². The van der Waals surface area contributed by atoms with E-state index in [-0.39, 0.29) is 0 Å². The van der Waals surface area contributed by atoms with E-state index in [1.54, 1.807) is 11.8 Å². The maximum absolute atomic E-state index is 8.86. The molecule has 4 nitrogen and oxygen atoms in total. The molecule has 2 N–H and O–H groups in total. The highest BCUT2D eigenvalue weighted by Crippen LogP contribution is 2.21. The zero-order chi connectivity index (χ0) is 18.1. The van der Waals surface area contributed by atoms with Crippen LogP contribution >= 0.6 is 11.8 Å². The number of hydrogen-bond donors (Lipinski definition) is 2. The van der Waals surface area contributed by atoms with Gasteiger partial charge in [-0.15, -0.1) is 11.8 Å². The molecule has 2 aromatic rings. The summed E-state index contributed by atoms with van der Waals surface area (Å²) in [5.74, 6) is 0.791. The molecule has 0 unspecified atom stereocenters. The fourth-order valence-corrected chi connectivity index (χ4v) is 3.08. The number of nitrogens with one attached hydrogen (secondary N) is 2. The van der Waals surface area contributed by atoms with Gasteiger partial charge in [-0.2, -0.15) is 5.26 Å². The summed E-state index contributed by atoms with van der Waals surface area (Å²) in [7, 11) is 0. The quantitative estimate of drug-likeness (QED) is 0.471. The minimum atomic E-state index is 0.574. The summed E-state index contributed by atoms with van der Waals surface area (Å²) < 4.78 is 0. The van der Waals surface area contributed by atoms with Crippen LogP contribution in [0.15, 0.2) is 52.4 Å². The molecule has 25 heavy (non-hydrogen) atoms. The average Bonchev–Trinajstić information content (AvgIpc) is 2.65. The van der Waals surface area contributed by atoms with E-state index in [9.17, 15) is 0 Å². The van der Waals surface area contributed by atoms with Gasteiger partial charge >= 0.3 is 0 Å². The lowest BCUT2D eigenvalue weighted by atomic mass is 10.1. The lowest BCUT2D eigenvalue weighted by molar-refractivity contribution is 0.807. The Hall–Kier alpha value is -2.45. The van der Waals surface area contributed by atoms with E-state index in [2.05, 4.69) is 60.0 Å². The number of nitrogens with zero attached hydrogens (tertiary/aromatic N) is 2. The second kappa shape index (κ2) is 9.75. The molecule has 0 fully saturated rings. The summed E-state index contributed by atoms with van der Waals surface area (Å²) in [5, 5.41) is 15.5. The predicted octanol–water partition coefficient (Wildman–Crippen LogP) is 3.84. The first kappa shape index (κ1) is 18.9. The highest BCUT2D eigenvalue weighted by Gasteiger charge is 2.04. The molecule has 0 heterocycles. The van der Waals surface area contributed by atoms with E-state index in [4.69, 9.17) is 5.26 Å². The largest absolute Gasteiger partial charge is 0.357 e. The molecule has 0 saturated carbocycles. The number of nitriles is 1. The lowest BCUT2D eigenvalue weighted by Crippen LogP contribution is -2.36. The molecular weight excluding hydrogens is 328 g/mol. The van der Waals surface area contributed by atoms with Crippen LogP contribution in [0.25, 0.3) is 0 Å². The fourth-order valence-electron chi connectivity index (χ4n) is 2.37. The van der Waals surface area contributed by atoms with Crippen molar-refractivity contribution in [3.63, 3.8) is 0 Å². The molecule has 5 heteroatoms. The van der Waals surface area contributed by atoms with Crippen molar-refractivity contribution in [2.24, 2.45) is 4.99 Å². The Morgan fingerprint density at radius 2 is 1.92 bits per heavy atom. The van der Waals surface area contributed by atoms with Gasteiger partial charge in [0, 0.05) is 18.0 Å². The SMILES string of the molecule is CCNC(=NCc1ccc(C#N)cc1)NCc1ccc(C)cc1SC. The monoisotopic (exact) mass is 352 g/mol. The van der Waals surface area contributed by atoms with Crippen molar-refractivity contribution in [3.05, 3.63) is 64.7 Å². The molecule has 0 saturated heterocycles. The third kappa shape index (κ3) is 5.84. The Morgan fingerprint density at radius 3 is 2.56 bits per heavy atom. The predicted molar refractivity (Wildman–Crippen MR) is 106 cm³/mol. The van der Waals surface area contributed by atoms with Crippen LogP contribution in [0.1, 0.15) is 29.2 Å². The highest BCUT2D eigenvalue weighted by atomic mass is 32.2. The molecule has 130 valence electrons. The number of hydrogen-bond acceptors (Lipinski definition) is 3. The molecule has 0 aliphatic heterocycles. The van der Waals surface area contributed by atoms with Gasteiger partial charge in [-0.1, -0.05) is 24.3 Å². The van der Waals surface area contributed by atoms with Crippen molar-refractivity contribution in [2.45, 2.75) is 31.8 Å². The highest BCUT2D eigenvalue weighted by molar-refractivity contribution is 7.98. The number of benzene rings is 2. The molecule has 0 bridgehead atoms. The third-order valence-electron chi connectivity index (χ3n) is 3.74. The van der Waals surface area contributed by atoms with Crippen molar-refractivity contribution in [2.75, 3.05) is 12.8 Å². The summed E-state index contributed by atoms with van der Waals surface area (Å²) in [6, 6.07) is 16.2. The fraction of sp³-hybridized carbons (Fsp3) is 0.300. The molecule has 0 amide bonds. The second-order valence-electron chi connectivity index (χ2n) is 5.67. The van der Waals surface area contributed by atoms with E-state index in [0.29, 0.717) is 12.1 Å². The number of thioether (sulfide) groups is 1. The summed E-state index contributed by atoms with van der Waals surface area (Å²) in [5.41, 5.74) is 4.29. The molecule has 2 rings (SSSR count). The Bertz CT molecular complexity index is 760. The van der Waals surface area contributed by atoms with E-state index in [0.717, 1.165) is 24.6 Å². The molecule has 2 aromatic carbocycles. The summed E-state index contributed by atoms with van der Waals surface area (Å²) in [6.45, 7) is 6.28. The molecular formula is C20H24N4S. The van der Waals surface area contributed by atoms with Crippen molar-refractivity contribution >= 4 is 17.7 Å². The van der Waals surface area contributed by atoms with Gasteiger partial charge in [-0.05, 0) is 55.0 Å². The van der Waals surface area contributed by atoms with Gasteiger partial charge in [0.05, 0.1) is 18.2 Å². The van der Waals surface area contributed by atoms with Crippen molar-refractivity contribution in [1.82, 2.24) is 10.6 Å². The minimum absolute atomic E-state index is 0.574. The third-order valence-corrected chi connectivity index (χ3v) is 4.56. The first-order chi connectivity index (χ1) is 12.2. The van der Waals surface area contributed by atoms with Crippen LogP contribution in [-0.4, -0.2) is 18.8 Å². The van der Waals surface area contributed by atoms with Gasteiger partial charge in [0.15, 0.2) is 5.96 Å². The lowest BCUT2D eigenvalue weighted by Gasteiger charge is -2.14. The number of rotatable bonds is 6. The van der Waals surface area contributed by atoms with Gasteiger partial charge in [-0.25, -0.2) is 4.99 Å². The van der Waals surface area contributed by atoms with Crippen LogP contribution in [-0.2, 0) is 13.1 Å². The van der Waals surface area contributed by atoms with Gasteiger partial charge in [0.25, 0.3) is 0 Å². The molecule has 0 radical (unpaired) electrons. The maximum Gasteiger partial charge on any atom is 0.191 e. The smallest absolute Gasteiger partial charge is 0.191 e. The summed E-state index contributed by atoms with van der Waals surface area (Å²) in [6.07, 6.45) is 2.10. The van der Waals surface area contributed by atoms with E-state index < -0.39 is 0 Å². The zero-order valence-corrected chi connectivity index (χ0v) is 15.8. The van der Waals surface area contributed by atoms with E-state index >= 15 is 0 Å². The first-order valence-electron chi connectivity index (χ1n) is 8.31. The summed E-state index contributed by atoms with van der Waals surface area (Å²) in [4.78, 5) is 5.92. The molecule has 0 aromatic heterocycles. The zero-order valence-electron chi connectivity index (χ0n) is 15.0. The van der Waals surface area contributed by atoms with Crippen LogP contribution in [0.3, 0.4) is 0 Å². The van der Waals surface area contributed by atoms with E-state index in [1.807, 2.05) is 24.3 Å².